The van der Waals surface area contributed by atoms with Gasteiger partial charge in [-0.25, -0.2) is 13.8 Å². The highest BCUT2D eigenvalue weighted by Crippen LogP contribution is 2.42. The molecule has 1 aromatic heterocycles. The second-order valence-corrected chi connectivity index (χ2v) is 11.5. The first-order chi connectivity index (χ1) is 16.2. The lowest BCUT2D eigenvalue weighted by Gasteiger charge is -2.43. The van der Waals surface area contributed by atoms with E-state index >= 15 is 4.39 Å². The summed E-state index contributed by atoms with van der Waals surface area (Å²) in [5, 5.41) is 10.5. The van der Waals surface area contributed by atoms with Gasteiger partial charge in [0.15, 0.2) is 5.82 Å². The van der Waals surface area contributed by atoms with Crippen molar-refractivity contribution in [1.29, 1.82) is 0 Å². The largest absolute Gasteiger partial charge is 0.481 e. The number of pyridine rings is 1. The van der Waals surface area contributed by atoms with Crippen LogP contribution < -0.4 is 0 Å². The molecular weight excluding hydrogens is 493 g/mol. The van der Waals surface area contributed by atoms with Gasteiger partial charge in [0, 0.05) is 35.7 Å². The van der Waals surface area contributed by atoms with Gasteiger partial charge in [-0.1, -0.05) is 62.7 Å². The number of nitrogens with zero attached hydrogens (tertiary/aromatic N) is 2. The maximum atomic E-state index is 15.8. The van der Waals surface area contributed by atoms with Crippen LogP contribution in [0, 0.1) is 17.0 Å². The summed E-state index contributed by atoms with van der Waals surface area (Å²) in [7, 11) is 0. The highest BCUT2D eigenvalue weighted by Gasteiger charge is 2.46. The average molecular weight is 525 g/mol. The van der Waals surface area contributed by atoms with Crippen molar-refractivity contribution < 1.29 is 18.7 Å². The molecule has 3 rings (SSSR count). The van der Waals surface area contributed by atoms with Crippen molar-refractivity contribution in [3.8, 4) is 0 Å². The number of carbonyl (C=O) groups is 1. The van der Waals surface area contributed by atoms with Crippen LogP contribution in [0.1, 0.15) is 69.8 Å². The van der Waals surface area contributed by atoms with E-state index in [4.69, 9.17) is 23.2 Å². The fourth-order valence-electron chi connectivity index (χ4n) is 5.03. The fourth-order valence-corrected chi connectivity index (χ4v) is 5.71. The third-order valence-electron chi connectivity index (χ3n) is 6.89. The van der Waals surface area contributed by atoms with Gasteiger partial charge in [-0.15, -0.1) is 0 Å². The van der Waals surface area contributed by atoms with Gasteiger partial charge in [0.25, 0.3) is 0 Å². The molecule has 1 saturated heterocycles. The molecule has 2 atom stereocenters. The smallest absolute Gasteiger partial charge is 0.310 e. The van der Waals surface area contributed by atoms with E-state index in [0.717, 1.165) is 0 Å². The molecule has 2 aromatic rings. The van der Waals surface area contributed by atoms with Crippen LogP contribution in [0.15, 0.2) is 24.8 Å². The van der Waals surface area contributed by atoms with E-state index in [1.54, 1.807) is 19.1 Å². The minimum absolute atomic E-state index is 0.0323. The molecule has 1 aliphatic rings. The van der Waals surface area contributed by atoms with Crippen LogP contribution in [0.3, 0.4) is 0 Å². The van der Waals surface area contributed by atoms with Gasteiger partial charge < -0.3 is 5.11 Å². The number of benzene rings is 1. The van der Waals surface area contributed by atoms with Crippen LogP contribution in [0.2, 0.25) is 10.2 Å². The third kappa shape index (κ3) is 5.55. The molecule has 1 fully saturated rings. The molecule has 2 heterocycles. The lowest BCUT2D eigenvalue weighted by Crippen LogP contribution is -2.50. The van der Waals surface area contributed by atoms with E-state index in [1.807, 2.05) is 32.6 Å². The standard InChI is InChI=1S/C27H32Cl2F2N2O2/c1-15(2)20-21(26(4,5)6)24(29)32-19(23(20)31)13-27(25(34)35)10-11-33(16(3)12-27)14-17-8-7-9-18(28)22(17)30/h7-9,16H,1,10-14H2,2-6H3,(H,34,35)/t16-,27-/m1/s1. The van der Waals surface area contributed by atoms with E-state index in [1.165, 1.54) is 6.07 Å². The van der Waals surface area contributed by atoms with Crippen LogP contribution in [-0.2, 0) is 23.2 Å². The SMILES string of the molecule is C=C(C)c1c(F)c(C[C@@]2(C(=O)O)CCN(Cc3cccc(Cl)c3F)[C@H](C)C2)nc(Cl)c1C(C)(C)C. The van der Waals surface area contributed by atoms with Crippen molar-refractivity contribution in [3.05, 3.63) is 69.0 Å². The van der Waals surface area contributed by atoms with Crippen molar-refractivity contribution in [1.82, 2.24) is 9.88 Å². The number of piperidine rings is 1. The highest BCUT2D eigenvalue weighted by molar-refractivity contribution is 6.31. The van der Waals surface area contributed by atoms with Gasteiger partial charge in [0.1, 0.15) is 11.0 Å². The molecule has 1 aliphatic heterocycles. The zero-order chi connectivity index (χ0) is 26.3. The quantitative estimate of drug-likeness (QED) is 0.403. The number of allylic oxidation sites excluding steroid dienone is 1. The molecule has 0 amide bonds. The number of carboxylic acids is 1. The first kappa shape index (κ1) is 27.6. The van der Waals surface area contributed by atoms with Gasteiger partial charge in [0.2, 0.25) is 0 Å². The number of aliphatic carboxylic acids is 1. The average Bonchev–Trinajstić information content (AvgIpc) is 2.74. The number of hydrogen-bond acceptors (Lipinski definition) is 3. The Morgan fingerprint density at radius 2 is 1.94 bits per heavy atom. The Bertz CT molecular complexity index is 1160. The van der Waals surface area contributed by atoms with Crippen LogP contribution in [0.4, 0.5) is 8.78 Å². The zero-order valence-corrected chi connectivity index (χ0v) is 22.3. The molecule has 0 radical (unpaired) electrons. The molecule has 4 nitrogen and oxygen atoms in total. The molecule has 8 heteroatoms. The van der Waals surface area contributed by atoms with Crippen LogP contribution in [-0.4, -0.2) is 33.5 Å². The normalized spacial score (nSPS) is 21.2. The number of hydrogen-bond donors (Lipinski definition) is 1. The maximum Gasteiger partial charge on any atom is 0.310 e. The summed E-state index contributed by atoms with van der Waals surface area (Å²) in [5.41, 5.74) is 0.154. The number of likely N-dealkylation sites (tertiary alicyclic amines) is 1. The molecule has 0 unspecified atom stereocenters. The minimum atomic E-state index is -1.23. The third-order valence-corrected chi connectivity index (χ3v) is 7.46. The Hall–Kier alpha value is -2.02. The zero-order valence-electron chi connectivity index (χ0n) is 20.8. The maximum absolute atomic E-state index is 15.8. The lowest BCUT2D eigenvalue weighted by atomic mass is 9.71. The summed E-state index contributed by atoms with van der Waals surface area (Å²) in [6.07, 6.45) is 0.423. The van der Waals surface area contributed by atoms with E-state index in [9.17, 15) is 14.3 Å². The molecule has 35 heavy (non-hydrogen) atoms. The first-order valence-electron chi connectivity index (χ1n) is 11.6. The summed E-state index contributed by atoms with van der Waals surface area (Å²) >= 11 is 12.4. The van der Waals surface area contributed by atoms with Gasteiger partial charge in [0.05, 0.1) is 16.1 Å². The van der Waals surface area contributed by atoms with Crippen molar-refractivity contribution in [2.24, 2.45) is 5.41 Å². The van der Waals surface area contributed by atoms with Gasteiger partial charge in [-0.2, -0.15) is 0 Å². The second-order valence-electron chi connectivity index (χ2n) is 10.7. The number of aromatic nitrogens is 1. The predicted octanol–water partition coefficient (Wildman–Crippen LogP) is 7.30. The summed E-state index contributed by atoms with van der Waals surface area (Å²) in [5.74, 6) is -2.04. The van der Waals surface area contributed by atoms with E-state index in [2.05, 4.69) is 11.6 Å². The van der Waals surface area contributed by atoms with Crippen LogP contribution >= 0.6 is 23.2 Å². The van der Waals surface area contributed by atoms with Crippen LogP contribution in [0.5, 0.6) is 0 Å². The van der Waals surface area contributed by atoms with E-state index in [-0.39, 0.29) is 41.2 Å². The Morgan fingerprint density at radius 3 is 2.49 bits per heavy atom. The van der Waals surface area contributed by atoms with Gasteiger partial charge in [-0.05, 0) is 50.3 Å². The minimum Gasteiger partial charge on any atom is -0.481 e. The summed E-state index contributed by atoms with van der Waals surface area (Å²) in [4.78, 5) is 18.9. The Kier molecular flexibility index (Phi) is 8.00. The van der Waals surface area contributed by atoms with Crippen LogP contribution in [0.25, 0.3) is 5.57 Å². The molecule has 0 bridgehead atoms. The van der Waals surface area contributed by atoms with Crippen molar-refractivity contribution in [2.45, 2.75) is 71.9 Å². The predicted molar refractivity (Wildman–Crippen MR) is 137 cm³/mol. The summed E-state index contributed by atoms with van der Waals surface area (Å²) < 4.78 is 30.2. The molecule has 0 saturated carbocycles. The lowest BCUT2D eigenvalue weighted by molar-refractivity contribution is -0.153. The monoisotopic (exact) mass is 524 g/mol. The van der Waals surface area contributed by atoms with Gasteiger partial charge in [-0.3, -0.25) is 9.69 Å². The molecule has 1 aromatic carbocycles. The van der Waals surface area contributed by atoms with Crippen molar-refractivity contribution in [2.75, 3.05) is 6.54 Å². The topological polar surface area (TPSA) is 53.4 Å². The second kappa shape index (κ2) is 10.2. The molecular formula is C27H32Cl2F2N2O2. The summed E-state index contributed by atoms with van der Waals surface area (Å²) in [6, 6.07) is 4.66. The van der Waals surface area contributed by atoms with Crippen molar-refractivity contribution in [3.63, 3.8) is 0 Å². The van der Waals surface area contributed by atoms with Gasteiger partial charge >= 0.3 is 5.97 Å². The number of carboxylic acid groups (broad SMARTS) is 1. The molecule has 0 spiro atoms. The Balaban J connectivity index is 1.94. The fraction of sp³-hybridized carbons (Fsp3) is 0.481. The van der Waals surface area contributed by atoms with Crippen molar-refractivity contribution >= 4 is 34.7 Å². The molecule has 190 valence electrons. The highest BCUT2D eigenvalue weighted by atomic mass is 35.5. The summed E-state index contributed by atoms with van der Waals surface area (Å²) in [6.45, 7) is 14.0. The van der Waals surface area contributed by atoms with E-state index < -0.39 is 28.4 Å². The molecule has 0 aliphatic carbocycles. The Morgan fingerprint density at radius 1 is 1.29 bits per heavy atom. The number of rotatable bonds is 6. The first-order valence-corrected chi connectivity index (χ1v) is 12.4. The van der Waals surface area contributed by atoms with E-state index in [0.29, 0.717) is 35.4 Å². The number of halogens is 4. The molecule has 1 N–H and O–H groups in total. The Labute approximate surface area is 216 Å².